The molecule has 2 amide bonds. The molecule has 6 nitrogen and oxygen atoms in total. The number of carbonyl (C=O) groups excluding carboxylic acids is 2. The molecule has 2 atom stereocenters. The summed E-state index contributed by atoms with van der Waals surface area (Å²) >= 11 is 0. The molecular weight excluding hydrogens is 330 g/mol. The predicted octanol–water partition coefficient (Wildman–Crippen LogP) is 2.37. The van der Waals surface area contributed by atoms with Crippen LogP contribution in [0.4, 0.5) is 0 Å². The summed E-state index contributed by atoms with van der Waals surface area (Å²) in [6, 6.07) is 13.2. The standard InChI is InChI=1S/C20H23N3O3/c1-14(24)23-17-9-11-26-19(12-17)15-5-7-16(8-6-15)20(25)22-13-18-4-2-3-10-21-18/h2-8,10,17,19H,9,11-13H2,1H3,(H,22,25)(H,23,24)/t17-,19+/m1/s1. The Labute approximate surface area is 153 Å². The van der Waals surface area contributed by atoms with Crippen molar-refractivity contribution in [1.29, 1.82) is 0 Å². The Morgan fingerprint density at radius 2 is 2.00 bits per heavy atom. The Kier molecular flexibility index (Phi) is 5.96. The van der Waals surface area contributed by atoms with Gasteiger partial charge in [0.2, 0.25) is 5.91 Å². The molecular formula is C20H23N3O3. The van der Waals surface area contributed by atoms with Gasteiger partial charge >= 0.3 is 0 Å². The topological polar surface area (TPSA) is 80.3 Å². The van der Waals surface area contributed by atoms with Crippen molar-refractivity contribution >= 4 is 11.8 Å². The van der Waals surface area contributed by atoms with Gasteiger partial charge in [-0.25, -0.2) is 0 Å². The van der Waals surface area contributed by atoms with Crippen molar-refractivity contribution in [3.63, 3.8) is 0 Å². The van der Waals surface area contributed by atoms with Gasteiger partial charge in [0, 0.05) is 31.3 Å². The SMILES string of the molecule is CC(=O)N[C@@H]1CCO[C@H](c2ccc(C(=O)NCc3ccccn3)cc2)C1. The lowest BCUT2D eigenvalue weighted by Gasteiger charge is -2.30. The summed E-state index contributed by atoms with van der Waals surface area (Å²) in [6.07, 6.45) is 3.20. The highest BCUT2D eigenvalue weighted by atomic mass is 16.5. The van der Waals surface area contributed by atoms with Crippen LogP contribution in [0.2, 0.25) is 0 Å². The second-order valence-corrected chi connectivity index (χ2v) is 6.41. The third-order valence-electron chi connectivity index (χ3n) is 4.39. The Hall–Kier alpha value is -2.73. The van der Waals surface area contributed by atoms with E-state index in [9.17, 15) is 9.59 Å². The number of nitrogens with one attached hydrogen (secondary N) is 2. The van der Waals surface area contributed by atoms with Gasteiger partial charge in [-0.15, -0.1) is 0 Å². The van der Waals surface area contributed by atoms with Crippen molar-refractivity contribution in [3.8, 4) is 0 Å². The first-order valence-electron chi connectivity index (χ1n) is 8.78. The summed E-state index contributed by atoms with van der Waals surface area (Å²) in [5, 5.41) is 5.82. The fourth-order valence-corrected chi connectivity index (χ4v) is 3.07. The number of carbonyl (C=O) groups is 2. The van der Waals surface area contributed by atoms with Crippen LogP contribution in [0, 0.1) is 0 Å². The van der Waals surface area contributed by atoms with Gasteiger partial charge in [0.25, 0.3) is 5.91 Å². The van der Waals surface area contributed by atoms with Crippen LogP contribution in [0.3, 0.4) is 0 Å². The molecule has 0 saturated carbocycles. The highest BCUT2D eigenvalue weighted by molar-refractivity contribution is 5.94. The van der Waals surface area contributed by atoms with Gasteiger partial charge in [-0.3, -0.25) is 14.6 Å². The molecule has 0 spiro atoms. The first kappa shape index (κ1) is 18.1. The van der Waals surface area contributed by atoms with E-state index in [0.717, 1.165) is 24.1 Å². The number of amides is 2. The van der Waals surface area contributed by atoms with Gasteiger partial charge in [0.15, 0.2) is 0 Å². The van der Waals surface area contributed by atoms with Crippen molar-refractivity contribution in [2.24, 2.45) is 0 Å². The van der Waals surface area contributed by atoms with Crippen LogP contribution in [0.5, 0.6) is 0 Å². The average molecular weight is 353 g/mol. The number of rotatable bonds is 5. The molecule has 136 valence electrons. The molecule has 2 heterocycles. The van der Waals surface area contributed by atoms with Crippen LogP contribution in [0.15, 0.2) is 48.7 Å². The molecule has 1 fully saturated rings. The number of nitrogens with zero attached hydrogens (tertiary/aromatic N) is 1. The van der Waals surface area contributed by atoms with Crippen molar-refractivity contribution in [1.82, 2.24) is 15.6 Å². The quantitative estimate of drug-likeness (QED) is 0.865. The van der Waals surface area contributed by atoms with E-state index >= 15 is 0 Å². The van der Waals surface area contributed by atoms with Gasteiger partial charge in [-0.2, -0.15) is 0 Å². The maximum Gasteiger partial charge on any atom is 0.251 e. The summed E-state index contributed by atoms with van der Waals surface area (Å²) in [7, 11) is 0. The summed E-state index contributed by atoms with van der Waals surface area (Å²) in [6.45, 7) is 2.54. The van der Waals surface area contributed by atoms with Crippen LogP contribution in [0.1, 0.15) is 47.5 Å². The third-order valence-corrected chi connectivity index (χ3v) is 4.39. The largest absolute Gasteiger partial charge is 0.373 e. The highest BCUT2D eigenvalue weighted by Crippen LogP contribution is 2.28. The van der Waals surface area contributed by atoms with Crippen LogP contribution in [-0.2, 0) is 16.1 Å². The van der Waals surface area contributed by atoms with E-state index in [1.807, 2.05) is 30.3 Å². The average Bonchev–Trinajstić information content (AvgIpc) is 2.67. The summed E-state index contributed by atoms with van der Waals surface area (Å²) < 4.78 is 5.82. The molecule has 0 unspecified atom stereocenters. The fourth-order valence-electron chi connectivity index (χ4n) is 3.07. The van der Waals surface area contributed by atoms with Crippen LogP contribution < -0.4 is 10.6 Å². The molecule has 3 rings (SSSR count). The highest BCUT2D eigenvalue weighted by Gasteiger charge is 2.24. The Bertz CT molecular complexity index is 747. The molecule has 1 saturated heterocycles. The number of ether oxygens (including phenoxy) is 1. The van der Waals surface area contributed by atoms with Crippen LogP contribution >= 0.6 is 0 Å². The van der Waals surface area contributed by atoms with Crippen molar-refractivity contribution in [2.45, 2.75) is 38.5 Å². The zero-order chi connectivity index (χ0) is 18.4. The van der Waals surface area contributed by atoms with Crippen molar-refractivity contribution in [2.75, 3.05) is 6.61 Å². The monoisotopic (exact) mass is 353 g/mol. The molecule has 6 heteroatoms. The molecule has 0 aliphatic carbocycles. The zero-order valence-corrected chi connectivity index (χ0v) is 14.8. The van der Waals surface area contributed by atoms with E-state index in [-0.39, 0.29) is 24.0 Å². The summed E-state index contributed by atoms with van der Waals surface area (Å²) in [4.78, 5) is 27.7. The first-order chi connectivity index (χ1) is 12.6. The number of aromatic nitrogens is 1. The zero-order valence-electron chi connectivity index (χ0n) is 14.8. The minimum Gasteiger partial charge on any atom is -0.373 e. The fraction of sp³-hybridized carbons (Fsp3) is 0.350. The number of hydrogen-bond acceptors (Lipinski definition) is 4. The number of hydrogen-bond donors (Lipinski definition) is 2. The van der Waals surface area contributed by atoms with Gasteiger partial charge in [0.1, 0.15) is 0 Å². The minimum atomic E-state index is -0.136. The van der Waals surface area contributed by atoms with E-state index in [2.05, 4.69) is 15.6 Å². The van der Waals surface area contributed by atoms with Crippen LogP contribution in [0.25, 0.3) is 0 Å². The van der Waals surface area contributed by atoms with Crippen molar-refractivity contribution in [3.05, 3.63) is 65.5 Å². The maximum absolute atomic E-state index is 12.3. The van der Waals surface area contributed by atoms with Gasteiger partial charge < -0.3 is 15.4 Å². The predicted molar refractivity (Wildman–Crippen MR) is 97.4 cm³/mol. The minimum absolute atomic E-state index is 0.0180. The van der Waals surface area contributed by atoms with Crippen molar-refractivity contribution < 1.29 is 14.3 Å². The second kappa shape index (κ2) is 8.58. The van der Waals surface area contributed by atoms with Gasteiger partial charge in [0.05, 0.1) is 18.3 Å². The number of benzene rings is 1. The molecule has 1 aliphatic rings. The first-order valence-corrected chi connectivity index (χ1v) is 8.78. The second-order valence-electron chi connectivity index (χ2n) is 6.41. The van der Waals surface area contributed by atoms with E-state index < -0.39 is 0 Å². The third kappa shape index (κ3) is 4.89. The molecule has 2 aromatic rings. The Morgan fingerprint density at radius 1 is 1.19 bits per heavy atom. The van der Waals surface area contributed by atoms with E-state index in [0.29, 0.717) is 18.7 Å². The molecule has 1 aromatic carbocycles. The van der Waals surface area contributed by atoms with E-state index in [1.54, 1.807) is 18.3 Å². The molecule has 2 N–H and O–H groups in total. The lowest BCUT2D eigenvalue weighted by molar-refractivity contribution is -0.120. The maximum atomic E-state index is 12.3. The Morgan fingerprint density at radius 3 is 2.69 bits per heavy atom. The Balaban J connectivity index is 1.57. The summed E-state index contributed by atoms with van der Waals surface area (Å²) in [5.74, 6) is -0.154. The van der Waals surface area contributed by atoms with Crippen LogP contribution in [-0.4, -0.2) is 29.4 Å². The van der Waals surface area contributed by atoms with E-state index in [4.69, 9.17) is 4.74 Å². The van der Waals surface area contributed by atoms with E-state index in [1.165, 1.54) is 6.92 Å². The molecule has 1 aromatic heterocycles. The molecule has 0 radical (unpaired) electrons. The smallest absolute Gasteiger partial charge is 0.251 e. The van der Waals surface area contributed by atoms with Gasteiger partial charge in [-0.1, -0.05) is 18.2 Å². The molecule has 0 bridgehead atoms. The lowest BCUT2D eigenvalue weighted by Crippen LogP contribution is -2.38. The normalized spacial score (nSPS) is 19.6. The lowest BCUT2D eigenvalue weighted by atomic mass is 9.96. The number of pyridine rings is 1. The molecule has 1 aliphatic heterocycles. The summed E-state index contributed by atoms with van der Waals surface area (Å²) in [5.41, 5.74) is 2.43. The van der Waals surface area contributed by atoms with Gasteiger partial charge in [-0.05, 0) is 42.7 Å². The molecule has 26 heavy (non-hydrogen) atoms.